The first-order valence-corrected chi connectivity index (χ1v) is 8.94. The number of nitrogens with zero attached hydrogens (tertiary/aromatic N) is 3. The Morgan fingerprint density at radius 3 is 2.71 bits per heavy atom. The van der Waals surface area contributed by atoms with Crippen LogP contribution in [0.4, 0.5) is 0 Å². The molecule has 0 aliphatic rings. The van der Waals surface area contributed by atoms with E-state index in [1.54, 1.807) is 12.4 Å². The average molecular weight is 373 g/mol. The number of amides is 1. The molecule has 28 heavy (non-hydrogen) atoms. The molecule has 7 nitrogen and oxygen atoms in total. The second-order valence-electron chi connectivity index (χ2n) is 6.56. The molecule has 1 aromatic carbocycles. The van der Waals surface area contributed by atoms with Gasteiger partial charge in [0.1, 0.15) is 0 Å². The maximum atomic E-state index is 12.6. The Balaban J connectivity index is 1.70. The third-order valence-corrected chi connectivity index (χ3v) is 4.47. The first-order chi connectivity index (χ1) is 13.6. The van der Waals surface area contributed by atoms with E-state index in [9.17, 15) is 9.59 Å². The predicted molar refractivity (Wildman–Crippen MR) is 106 cm³/mol. The summed E-state index contributed by atoms with van der Waals surface area (Å²) >= 11 is 0. The summed E-state index contributed by atoms with van der Waals surface area (Å²) in [4.78, 5) is 32.9. The van der Waals surface area contributed by atoms with Crippen LogP contribution in [0.25, 0.3) is 16.9 Å². The number of aromatic nitrogens is 4. The minimum absolute atomic E-state index is 0.132. The van der Waals surface area contributed by atoms with E-state index < -0.39 is 0 Å². The quantitative estimate of drug-likeness (QED) is 0.562. The highest BCUT2D eigenvalue weighted by Crippen LogP contribution is 2.19. The third kappa shape index (κ3) is 3.68. The van der Waals surface area contributed by atoms with Crippen LogP contribution in [-0.4, -0.2) is 25.5 Å². The van der Waals surface area contributed by atoms with Gasteiger partial charge in [-0.15, -0.1) is 0 Å². The molecule has 0 aliphatic heterocycles. The van der Waals surface area contributed by atoms with Crippen molar-refractivity contribution in [2.24, 2.45) is 0 Å². The number of aromatic amines is 1. The highest BCUT2D eigenvalue weighted by Gasteiger charge is 2.16. The number of H-pyrrole nitrogens is 1. The van der Waals surface area contributed by atoms with E-state index in [2.05, 4.69) is 20.4 Å². The number of hydrogen-bond acceptors (Lipinski definition) is 4. The van der Waals surface area contributed by atoms with Crippen molar-refractivity contribution in [3.05, 3.63) is 88.6 Å². The number of hydrogen-bond donors (Lipinski definition) is 2. The molecular formula is C21H19N5O2. The molecule has 0 bridgehead atoms. The topological polar surface area (TPSA) is 92.2 Å². The van der Waals surface area contributed by atoms with Crippen LogP contribution in [0.2, 0.25) is 0 Å². The van der Waals surface area contributed by atoms with Crippen molar-refractivity contribution in [1.82, 2.24) is 24.9 Å². The number of carbonyl (C=O) groups excluding carboxylic acids is 1. The first kappa shape index (κ1) is 17.7. The van der Waals surface area contributed by atoms with Crippen LogP contribution in [0.5, 0.6) is 0 Å². The Morgan fingerprint density at radius 2 is 2.00 bits per heavy atom. The summed E-state index contributed by atoms with van der Waals surface area (Å²) < 4.78 is 1.40. The molecule has 1 amide bonds. The van der Waals surface area contributed by atoms with Crippen molar-refractivity contribution in [3.8, 4) is 11.3 Å². The van der Waals surface area contributed by atoms with Gasteiger partial charge in [0, 0.05) is 43.4 Å². The maximum absolute atomic E-state index is 12.6. The summed E-state index contributed by atoms with van der Waals surface area (Å²) in [6, 6.07) is 16.4. The largest absolute Gasteiger partial charge is 0.349 e. The number of carbonyl (C=O) groups is 1. The van der Waals surface area contributed by atoms with Gasteiger partial charge in [-0.05, 0) is 17.7 Å². The lowest BCUT2D eigenvalue weighted by atomic mass is 10.0. The third-order valence-electron chi connectivity index (χ3n) is 4.47. The van der Waals surface area contributed by atoms with Crippen LogP contribution in [0.3, 0.4) is 0 Å². The van der Waals surface area contributed by atoms with Gasteiger partial charge >= 0.3 is 0 Å². The molecule has 4 rings (SSSR count). The van der Waals surface area contributed by atoms with E-state index in [1.165, 1.54) is 17.5 Å². The lowest BCUT2D eigenvalue weighted by Crippen LogP contribution is -2.28. The lowest BCUT2D eigenvalue weighted by Gasteiger charge is -2.18. The van der Waals surface area contributed by atoms with Crippen molar-refractivity contribution in [2.45, 2.75) is 19.4 Å². The molecule has 0 saturated carbocycles. The minimum Gasteiger partial charge on any atom is -0.349 e. The van der Waals surface area contributed by atoms with Gasteiger partial charge in [-0.1, -0.05) is 30.3 Å². The van der Waals surface area contributed by atoms with Gasteiger partial charge in [-0.25, -0.2) is 9.50 Å². The van der Waals surface area contributed by atoms with E-state index in [-0.39, 0.29) is 17.5 Å². The maximum Gasteiger partial charge on any atom is 0.272 e. The number of nitrogens with one attached hydrogen (secondary N) is 2. The van der Waals surface area contributed by atoms with Crippen LogP contribution in [0.15, 0.2) is 71.8 Å². The van der Waals surface area contributed by atoms with Gasteiger partial charge in [0.25, 0.3) is 5.56 Å². The molecule has 2 N–H and O–H groups in total. The molecule has 140 valence electrons. The molecule has 0 saturated heterocycles. The highest BCUT2D eigenvalue weighted by atomic mass is 16.1. The molecular weight excluding hydrogens is 354 g/mol. The van der Waals surface area contributed by atoms with Gasteiger partial charge in [0.15, 0.2) is 5.65 Å². The van der Waals surface area contributed by atoms with Crippen LogP contribution >= 0.6 is 0 Å². The van der Waals surface area contributed by atoms with Gasteiger partial charge < -0.3 is 5.32 Å². The summed E-state index contributed by atoms with van der Waals surface area (Å²) in [5, 5.41) is 6.00. The lowest BCUT2D eigenvalue weighted by molar-refractivity contribution is -0.119. The number of pyridine rings is 1. The smallest absolute Gasteiger partial charge is 0.272 e. The van der Waals surface area contributed by atoms with Gasteiger partial charge in [-0.2, -0.15) is 0 Å². The summed E-state index contributed by atoms with van der Waals surface area (Å²) in [6.45, 7) is 1.48. The standard InChI is InChI=1S/C21H19N5O2/c1-14(27)23-18(15-6-3-2-4-7-15)10-17-11-21(28)26-20(24-17)12-19(25-26)16-8-5-9-22-13-16/h2-9,11-13,18,25H,10H2,1H3,(H,23,27). The zero-order valence-electron chi connectivity index (χ0n) is 15.3. The Kier molecular flexibility index (Phi) is 4.72. The molecule has 0 spiro atoms. The second kappa shape index (κ2) is 7.48. The van der Waals surface area contributed by atoms with Crippen LogP contribution in [-0.2, 0) is 11.2 Å². The molecule has 0 fully saturated rings. The highest BCUT2D eigenvalue weighted by molar-refractivity contribution is 5.73. The minimum atomic E-state index is -0.259. The molecule has 3 heterocycles. The normalized spacial score (nSPS) is 12.0. The number of rotatable bonds is 5. The van der Waals surface area contributed by atoms with E-state index in [4.69, 9.17) is 0 Å². The molecule has 3 aromatic heterocycles. The van der Waals surface area contributed by atoms with Crippen molar-refractivity contribution in [2.75, 3.05) is 0 Å². The fraction of sp³-hybridized carbons (Fsp3) is 0.143. The zero-order chi connectivity index (χ0) is 19.5. The SMILES string of the molecule is CC(=O)NC(Cc1cc(=O)n2[nH]c(-c3cccnc3)cc2n1)c1ccccc1. The Bertz CT molecular complexity index is 1170. The van der Waals surface area contributed by atoms with Gasteiger partial charge in [-0.3, -0.25) is 19.7 Å². The zero-order valence-corrected chi connectivity index (χ0v) is 15.3. The van der Waals surface area contributed by atoms with Crippen molar-refractivity contribution in [1.29, 1.82) is 0 Å². The van der Waals surface area contributed by atoms with Gasteiger partial charge in [0.2, 0.25) is 5.91 Å². The molecule has 0 radical (unpaired) electrons. The number of fused-ring (bicyclic) bond motifs is 1. The Morgan fingerprint density at radius 1 is 1.18 bits per heavy atom. The molecule has 7 heteroatoms. The number of benzene rings is 1. The van der Waals surface area contributed by atoms with Crippen LogP contribution in [0.1, 0.15) is 24.2 Å². The molecule has 0 aliphatic carbocycles. The molecule has 1 unspecified atom stereocenters. The van der Waals surface area contributed by atoms with Crippen molar-refractivity contribution in [3.63, 3.8) is 0 Å². The molecule has 4 aromatic rings. The van der Waals surface area contributed by atoms with Gasteiger partial charge in [0.05, 0.1) is 17.4 Å². The predicted octanol–water partition coefficient (Wildman–Crippen LogP) is 2.50. The van der Waals surface area contributed by atoms with E-state index in [0.29, 0.717) is 17.8 Å². The van der Waals surface area contributed by atoms with E-state index >= 15 is 0 Å². The van der Waals surface area contributed by atoms with Crippen molar-refractivity contribution < 1.29 is 4.79 Å². The van der Waals surface area contributed by atoms with Crippen LogP contribution in [0, 0.1) is 0 Å². The summed E-state index contributed by atoms with van der Waals surface area (Å²) in [7, 11) is 0. The summed E-state index contributed by atoms with van der Waals surface area (Å²) in [6.07, 6.45) is 3.84. The fourth-order valence-corrected chi connectivity index (χ4v) is 3.21. The Hall–Kier alpha value is -3.74. The van der Waals surface area contributed by atoms with E-state index in [0.717, 1.165) is 16.8 Å². The van der Waals surface area contributed by atoms with E-state index in [1.807, 2.05) is 48.5 Å². The Labute approximate surface area is 161 Å². The second-order valence-corrected chi connectivity index (χ2v) is 6.56. The van der Waals surface area contributed by atoms with Crippen LogP contribution < -0.4 is 10.9 Å². The first-order valence-electron chi connectivity index (χ1n) is 8.94. The summed E-state index contributed by atoms with van der Waals surface area (Å²) in [5.74, 6) is -0.132. The fourth-order valence-electron chi connectivity index (χ4n) is 3.21. The van der Waals surface area contributed by atoms with Crippen molar-refractivity contribution >= 4 is 11.6 Å². The molecule has 1 atom stereocenters. The monoisotopic (exact) mass is 373 g/mol. The average Bonchev–Trinajstić information content (AvgIpc) is 3.13. The summed E-state index contributed by atoms with van der Waals surface area (Å²) in [5.41, 5.74) is 3.53.